The number of nitrogens with one attached hydrogen (secondary N) is 1. The van der Waals surface area contributed by atoms with Gasteiger partial charge < -0.3 is 10.2 Å². The molecule has 2 heterocycles. The largest absolute Gasteiger partial charge is 0.352 e. The second-order valence-corrected chi connectivity index (χ2v) is 7.33. The van der Waals surface area contributed by atoms with E-state index in [-0.39, 0.29) is 5.50 Å². The molecule has 124 valence electrons. The first-order valence-electron chi connectivity index (χ1n) is 7.18. The highest BCUT2D eigenvalue weighted by atomic mass is 35.5. The van der Waals surface area contributed by atoms with Crippen LogP contribution in [-0.4, -0.2) is 22.0 Å². The van der Waals surface area contributed by atoms with Crippen molar-refractivity contribution in [2.45, 2.75) is 23.2 Å². The molecule has 3 rings (SSSR count). The van der Waals surface area contributed by atoms with Crippen LogP contribution in [0.4, 0.5) is 11.5 Å². The van der Waals surface area contributed by atoms with Gasteiger partial charge in [0, 0.05) is 17.9 Å². The number of rotatable bonds is 5. The molecular formula is C16H13Cl3N4S. The second-order valence-electron chi connectivity index (χ2n) is 5.05. The summed E-state index contributed by atoms with van der Waals surface area (Å²) in [5.41, 5.74) is 0.743. The lowest BCUT2D eigenvalue weighted by Crippen LogP contribution is -2.34. The predicted molar refractivity (Wildman–Crippen MR) is 102 cm³/mol. The molecule has 1 aliphatic heterocycles. The maximum absolute atomic E-state index is 6.32. The Morgan fingerprint density at radius 3 is 2.88 bits per heavy atom. The van der Waals surface area contributed by atoms with Gasteiger partial charge in [-0.05, 0) is 18.6 Å². The van der Waals surface area contributed by atoms with E-state index >= 15 is 0 Å². The molecule has 0 amide bonds. The number of benzene rings is 1. The Bertz CT molecular complexity index is 793. The number of unbranched alkanes of at least 4 members (excludes halogenated alkanes) is 1. The van der Waals surface area contributed by atoms with Crippen LogP contribution in [0, 0.1) is 12.3 Å². The normalized spacial score (nSPS) is 15.8. The summed E-state index contributed by atoms with van der Waals surface area (Å²) in [4.78, 5) is 11.3. The van der Waals surface area contributed by atoms with Crippen molar-refractivity contribution in [1.29, 1.82) is 0 Å². The van der Waals surface area contributed by atoms with Gasteiger partial charge in [0.15, 0.2) is 11.3 Å². The molecule has 0 saturated carbocycles. The fraction of sp³-hybridized carbons (Fsp3) is 0.250. The first-order valence-corrected chi connectivity index (χ1v) is 9.20. The zero-order chi connectivity index (χ0) is 17.1. The standard InChI is InChI=1S/C16H13Cl3N4S/c1-2-3-4-7-23-15-12(8-20-9-21-15)22-16(23)24-14-11(18)6-5-10(17)13(14)19/h1,5-6,8-9,16,22H,3-4,7H2. The van der Waals surface area contributed by atoms with Gasteiger partial charge in [0.1, 0.15) is 6.33 Å². The van der Waals surface area contributed by atoms with Gasteiger partial charge >= 0.3 is 0 Å². The van der Waals surface area contributed by atoms with Gasteiger partial charge in [-0.15, -0.1) is 12.3 Å². The number of hydrogen-bond donors (Lipinski definition) is 1. The van der Waals surface area contributed by atoms with Gasteiger partial charge in [-0.3, -0.25) is 0 Å². The van der Waals surface area contributed by atoms with Crippen molar-refractivity contribution >= 4 is 58.1 Å². The maximum atomic E-state index is 6.32. The lowest BCUT2D eigenvalue weighted by Gasteiger charge is -2.26. The van der Waals surface area contributed by atoms with Crippen LogP contribution in [0.25, 0.3) is 0 Å². The lowest BCUT2D eigenvalue weighted by atomic mass is 10.3. The van der Waals surface area contributed by atoms with Crippen LogP contribution in [0.3, 0.4) is 0 Å². The fourth-order valence-electron chi connectivity index (χ4n) is 2.37. The van der Waals surface area contributed by atoms with Crippen LogP contribution in [-0.2, 0) is 0 Å². The number of hydrogen-bond acceptors (Lipinski definition) is 5. The maximum Gasteiger partial charge on any atom is 0.157 e. The van der Waals surface area contributed by atoms with Crippen molar-refractivity contribution in [3.05, 3.63) is 39.7 Å². The molecule has 0 radical (unpaired) electrons. The van der Waals surface area contributed by atoms with Crippen molar-refractivity contribution < 1.29 is 0 Å². The van der Waals surface area contributed by atoms with E-state index in [2.05, 4.69) is 26.1 Å². The summed E-state index contributed by atoms with van der Waals surface area (Å²) < 4.78 is 0. The Balaban J connectivity index is 1.87. The fourth-order valence-corrected chi connectivity index (χ4v) is 4.36. The monoisotopic (exact) mass is 398 g/mol. The molecule has 0 saturated heterocycles. The number of fused-ring (bicyclic) bond motifs is 1. The first kappa shape index (κ1) is 17.5. The van der Waals surface area contributed by atoms with E-state index < -0.39 is 0 Å². The van der Waals surface area contributed by atoms with Crippen LogP contribution in [0.1, 0.15) is 12.8 Å². The molecule has 1 unspecified atom stereocenters. The summed E-state index contributed by atoms with van der Waals surface area (Å²) in [6.45, 7) is 0.759. The summed E-state index contributed by atoms with van der Waals surface area (Å²) in [6.07, 6.45) is 10.2. The molecule has 0 spiro atoms. The molecule has 0 bridgehead atoms. The van der Waals surface area contributed by atoms with Crippen LogP contribution < -0.4 is 10.2 Å². The Labute approximate surface area is 159 Å². The van der Waals surface area contributed by atoms with E-state index in [1.54, 1.807) is 18.3 Å². The topological polar surface area (TPSA) is 41.1 Å². The molecule has 0 fully saturated rings. The van der Waals surface area contributed by atoms with E-state index in [1.165, 1.54) is 18.1 Å². The molecule has 8 heteroatoms. The van der Waals surface area contributed by atoms with Gasteiger partial charge in [-0.25, -0.2) is 9.97 Å². The first-order chi connectivity index (χ1) is 11.6. The van der Waals surface area contributed by atoms with Crippen molar-refractivity contribution in [1.82, 2.24) is 9.97 Å². The van der Waals surface area contributed by atoms with E-state index in [9.17, 15) is 0 Å². The highest BCUT2D eigenvalue weighted by Gasteiger charge is 2.31. The predicted octanol–water partition coefficient (Wildman–Crippen LogP) is 5.16. The summed E-state index contributed by atoms with van der Waals surface area (Å²) in [6, 6.07) is 3.42. The molecule has 0 aliphatic carbocycles. The Hall–Kier alpha value is -1.32. The molecule has 1 aromatic carbocycles. The van der Waals surface area contributed by atoms with Gasteiger partial charge in [-0.1, -0.05) is 46.6 Å². The molecular weight excluding hydrogens is 387 g/mol. The third kappa shape index (κ3) is 3.52. The van der Waals surface area contributed by atoms with Crippen molar-refractivity contribution in [3.63, 3.8) is 0 Å². The summed E-state index contributed by atoms with van der Waals surface area (Å²) in [5, 5.41) is 4.86. The van der Waals surface area contributed by atoms with Crippen LogP contribution in [0.5, 0.6) is 0 Å². The van der Waals surface area contributed by atoms with E-state index in [0.717, 1.165) is 29.4 Å². The lowest BCUT2D eigenvalue weighted by molar-refractivity contribution is 0.756. The molecule has 1 aliphatic rings. The molecule has 1 N–H and O–H groups in total. The third-order valence-corrected chi connectivity index (χ3v) is 6.08. The van der Waals surface area contributed by atoms with Crippen molar-refractivity contribution in [2.75, 3.05) is 16.8 Å². The zero-order valence-corrected chi connectivity index (χ0v) is 15.6. The number of halogens is 3. The Morgan fingerprint density at radius 2 is 2.08 bits per heavy atom. The highest BCUT2D eigenvalue weighted by Crippen LogP contribution is 2.44. The molecule has 1 atom stereocenters. The smallest absolute Gasteiger partial charge is 0.157 e. The van der Waals surface area contributed by atoms with Gasteiger partial charge in [-0.2, -0.15) is 0 Å². The Morgan fingerprint density at radius 1 is 1.29 bits per heavy atom. The number of terminal acetylenes is 1. The second kappa shape index (κ2) is 7.71. The average Bonchev–Trinajstić information content (AvgIpc) is 2.93. The summed E-state index contributed by atoms with van der Waals surface area (Å²) in [7, 11) is 0. The van der Waals surface area contributed by atoms with Crippen LogP contribution in [0.2, 0.25) is 15.1 Å². The number of anilines is 2. The molecule has 24 heavy (non-hydrogen) atoms. The molecule has 1 aromatic heterocycles. The van der Waals surface area contributed by atoms with Gasteiger partial charge in [0.2, 0.25) is 0 Å². The zero-order valence-electron chi connectivity index (χ0n) is 12.5. The average molecular weight is 400 g/mol. The van der Waals surface area contributed by atoms with Crippen LogP contribution >= 0.6 is 46.6 Å². The van der Waals surface area contributed by atoms with E-state index in [0.29, 0.717) is 21.5 Å². The minimum Gasteiger partial charge on any atom is -0.352 e. The van der Waals surface area contributed by atoms with E-state index in [4.69, 9.17) is 41.2 Å². The molecule has 2 aromatic rings. The van der Waals surface area contributed by atoms with Crippen molar-refractivity contribution in [3.8, 4) is 12.3 Å². The Kier molecular flexibility index (Phi) is 5.62. The third-order valence-electron chi connectivity index (χ3n) is 3.48. The van der Waals surface area contributed by atoms with Crippen LogP contribution in [0.15, 0.2) is 29.6 Å². The summed E-state index contributed by atoms with van der Waals surface area (Å²) >= 11 is 20.2. The SMILES string of the molecule is C#CCCCN1c2ncncc2NC1Sc1c(Cl)ccc(Cl)c1Cl. The molecule has 4 nitrogen and oxygen atoms in total. The van der Waals surface area contributed by atoms with Gasteiger partial charge in [0.25, 0.3) is 0 Å². The summed E-state index contributed by atoms with van der Waals surface area (Å²) in [5.74, 6) is 3.50. The van der Waals surface area contributed by atoms with E-state index in [1.807, 2.05) is 0 Å². The quantitative estimate of drug-likeness (QED) is 0.427. The number of nitrogens with zero attached hydrogens (tertiary/aromatic N) is 3. The highest BCUT2D eigenvalue weighted by molar-refractivity contribution is 8.00. The minimum absolute atomic E-state index is 0.122. The number of thioether (sulfide) groups is 1. The van der Waals surface area contributed by atoms with Crippen molar-refractivity contribution in [2.24, 2.45) is 0 Å². The minimum atomic E-state index is -0.122. The number of aromatic nitrogens is 2. The van der Waals surface area contributed by atoms with Gasteiger partial charge in [0.05, 0.1) is 27.0 Å².